The van der Waals surface area contributed by atoms with Crippen molar-refractivity contribution in [2.24, 2.45) is 0 Å². The Morgan fingerprint density at radius 1 is 1.44 bits per heavy atom. The van der Waals surface area contributed by atoms with Crippen LogP contribution in [0, 0.1) is 0 Å². The van der Waals surface area contributed by atoms with Gasteiger partial charge >= 0.3 is 0 Å². The lowest BCUT2D eigenvalue weighted by atomic mass is 10.3. The second-order valence-electron chi connectivity index (χ2n) is 4.97. The van der Waals surface area contributed by atoms with Gasteiger partial charge in [0, 0.05) is 24.7 Å². The van der Waals surface area contributed by atoms with E-state index in [-0.39, 0.29) is 0 Å². The number of rotatable bonds is 5. The van der Waals surface area contributed by atoms with E-state index >= 15 is 0 Å². The number of nitrogens with one attached hydrogen (secondary N) is 1. The second kappa shape index (κ2) is 4.78. The van der Waals surface area contributed by atoms with Gasteiger partial charge in [-0.3, -0.25) is 0 Å². The van der Waals surface area contributed by atoms with E-state index in [9.17, 15) is 0 Å². The molecule has 0 saturated heterocycles. The van der Waals surface area contributed by atoms with Gasteiger partial charge in [-0.25, -0.2) is 4.68 Å². The quantitative estimate of drug-likeness (QED) is 0.897. The Bertz CT molecular complexity index is 526. The summed E-state index contributed by atoms with van der Waals surface area (Å²) in [5.74, 6) is 0.682. The van der Waals surface area contributed by atoms with E-state index in [2.05, 4.69) is 40.5 Å². The minimum Gasteiger partial charge on any atom is -0.308 e. The van der Waals surface area contributed by atoms with Gasteiger partial charge in [0.2, 0.25) is 5.13 Å². The molecule has 1 saturated carbocycles. The summed E-state index contributed by atoms with van der Waals surface area (Å²) in [5.41, 5.74) is 1.19. The van der Waals surface area contributed by atoms with Crippen LogP contribution in [-0.2, 0) is 6.54 Å². The number of nitrogens with zero attached hydrogens (tertiary/aromatic N) is 4. The molecule has 0 amide bonds. The van der Waals surface area contributed by atoms with Gasteiger partial charge in [0.15, 0.2) is 0 Å². The summed E-state index contributed by atoms with van der Waals surface area (Å²) in [6.45, 7) is 5.01. The number of hydrogen-bond acceptors (Lipinski definition) is 5. The molecule has 0 atom stereocenters. The first kappa shape index (κ1) is 11.8. The molecule has 0 bridgehead atoms. The van der Waals surface area contributed by atoms with E-state index in [1.54, 1.807) is 11.3 Å². The maximum atomic E-state index is 4.56. The smallest absolute Gasteiger partial charge is 0.232 e. The van der Waals surface area contributed by atoms with Crippen LogP contribution in [0.15, 0.2) is 12.3 Å². The van der Waals surface area contributed by atoms with Crippen molar-refractivity contribution in [1.29, 1.82) is 0 Å². The van der Waals surface area contributed by atoms with Crippen LogP contribution in [0.3, 0.4) is 0 Å². The lowest BCUT2D eigenvalue weighted by Crippen LogP contribution is -2.21. The van der Waals surface area contributed by atoms with E-state index in [0.717, 1.165) is 16.7 Å². The fourth-order valence-corrected chi connectivity index (χ4v) is 2.47. The molecule has 6 heteroatoms. The summed E-state index contributed by atoms with van der Waals surface area (Å²) in [6.07, 6.45) is 4.53. The van der Waals surface area contributed by atoms with Crippen LogP contribution in [0.4, 0.5) is 0 Å². The van der Waals surface area contributed by atoms with Crippen molar-refractivity contribution >= 4 is 11.3 Å². The first-order valence-electron chi connectivity index (χ1n) is 6.34. The molecule has 96 valence electrons. The Labute approximate surface area is 110 Å². The Morgan fingerprint density at radius 3 is 3.00 bits per heavy atom. The van der Waals surface area contributed by atoms with Gasteiger partial charge in [-0.2, -0.15) is 5.10 Å². The summed E-state index contributed by atoms with van der Waals surface area (Å²) in [4.78, 5) is 0. The normalized spacial score (nSPS) is 15.5. The van der Waals surface area contributed by atoms with Crippen LogP contribution in [-0.4, -0.2) is 26.0 Å². The molecule has 0 spiro atoms. The molecule has 1 aliphatic carbocycles. The lowest BCUT2D eigenvalue weighted by Gasteiger charge is -2.03. The van der Waals surface area contributed by atoms with Gasteiger partial charge < -0.3 is 5.32 Å². The van der Waals surface area contributed by atoms with E-state index in [4.69, 9.17) is 0 Å². The SMILES string of the molecule is CC(C)NCc1nnc(-n2ccc(C3CC3)n2)s1. The Morgan fingerprint density at radius 2 is 2.28 bits per heavy atom. The molecule has 5 nitrogen and oxygen atoms in total. The highest BCUT2D eigenvalue weighted by atomic mass is 32.1. The van der Waals surface area contributed by atoms with Gasteiger partial charge in [-0.15, -0.1) is 10.2 Å². The summed E-state index contributed by atoms with van der Waals surface area (Å²) >= 11 is 1.59. The molecule has 2 aromatic heterocycles. The maximum Gasteiger partial charge on any atom is 0.232 e. The van der Waals surface area contributed by atoms with Crippen LogP contribution < -0.4 is 5.32 Å². The summed E-state index contributed by atoms with van der Waals surface area (Å²) in [7, 11) is 0. The predicted molar refractivity (Wildman–Crippen MR) is 71.0 cm³/mol. The monoisotopic (exact) mass is 263 g/mol. The van der Waals surface area contributed by atoms with Crippen molar-refractivity contribution in [3.63, 3.8) is 0 Å². The number of hydrogen-bond donors (Lipinski definition) is 1. The number of aromatic nitrogens is 4. The fourth-order valence-electron chi connectivity index (χ4n) is 1.74. The molecule has 2 heterocycles. The molecule has 2 aromatic rings. The zero-order valence-corrected chi connectivity index (χ0v) is 11.4. The average molecular weight is 263 g/mol. The molecule has 0 aromatic carbocycles. The zero-order valence-electron chi connectivity index (χ0n) is 10.6. The average Bonchev–Trinajstić information content (AvgIpc) is 2.92. The van der Waals surface area contributed by atoms with Crippen LogP contribution >= 0.6 is 11.3 Å². The van der Waals surface area contributed by atoms with Gasteiger partial charge in [-0.1, -0.05) is 25.2 Å². The minimum atomic E-state index is 0.462. The Hall–Kier alpha value is -1.27. The minimum absolute atomic E-state index is 0.462. The molecule has 0 unspecified atom stereocenters. The molecular formula is C12H17N5S. The molecule has 1 fully saturated rings. The van der Waals surface area contributed by atoms with Crippen molar-refractivity contribution in [2.45, 2.75) is 45.2 Å². The van der Waals surface area contributed by atoms with Crippen molar-refractivity contribution in [1.82, 2.24) is 25.3 Å². The maximum absolute atomic E-state index is 4.56. The van der Waals surface area contributed by atoms with E-state index < -0.39 is 0 Å². The molecule has 1 N–H and O–H groups in total. The fraction of sp³-hybridized carbons (Fsp3) is 0.583. The highest BCUT2D eigenvalue weighted by molar-refractivity contribution is 7.13. The molecule has 18 heavy (non-hydrogen) atoms. The van der Waals surface area contributed by atoms with Gasteiger partial charge in [-0.05, 0) is 18.9 Å². The first-order valence-corrected chi connectivity index (χ1v) is 7.16. The van der Waals surface area contributed by atoms with E-state index in [1.165, 1.54) is 18.5 Å². The molecular weight excluding hydrogens is 246 g/mol. The van der Waals surface area contributed by atoms with Crippen LogP contribution in [0.2, 0.25) is 0 Å². The van der Waals surface area contributed by atoms with Gasteiger partial charge in [0.25, 0.3) is 0 Å². The highest BCUT2D eigenvalue weighted by Crippen LogP contribution is 2.39. The van der Waals surface area contributed by atoms with Crippen molar-refractivity contribution < 1.29 is 0 Å². The van der Waals surface area contributed by atoms with Crippen molar-refractivity contribution in [2.75, 3.05) is 0 Å². The van der Waals surface area contributed by atoms with E-state index in [1.807, 2.05) is 10.9 Å². The van der Waals surface area contributed by atoms with Crippen molar-refractivity contribution in [3.05, 3.63) is 23.0 Å². The van der Waals surface area contributed by atoms with Crippen LogP contribution in [0.25, 0.3) is 5.13 Å². The molecule has 0 aliphatic heterocycles. The Kier molecular flexibility index (Phi) is 3.13. The van der Waals surface area contributed by atoms with E-state index in [0.29, 0.717) is 12.0 Å². The lowest BCUT2D eigenvalue weighted by molar-refractivity contribution is 0.584. The first-order chi connectivity index (χ1) is 8.72. The summed E-state index contributed by atoms with van der Waals surface area (Å²) < 4.78 is 1.84. The van der Waals surface area contributed by atoms with Crippen LogP contribution in [0.5, 0.6) is 0 Å². The third kappa shape index (κ3) is 2.59. The summed E-state index contributed by atoms with van der Waals surface area (Å²) in [5, 5.41) is 18.1. The highest BCUT2D eigenvalue weighted by Gasteiger charge is 2.26. The zero-order chi connectivity index (χ0) is 12.5. The standard InChI is InChI=1S/C12H17N5S/c1-8(2)13-7-11-14-15-12(18-11)17-6-5-10(16-17)9-3-4-9/h5-6,8-9,13H,3-4,7H2,1-2H3. The Balaban J connectivity index is 1.71. The summed E-state index contributed by atoms with van der Waals surface area (Å²) in [6, 6.07) is 2.55. The molecule has 3 rings (SSSR count). The largest absolute Gasteiger partial charge is 0.308 e. The second-order valence-corrected chi connectivity index (χ2v) is 6.01. The van der Waals surface area contributed by atoms with Crippen molar-refractivity contribution in [3.8, 4) is 5.13 Å². The molecule has 1 aliphatic rings. The third-order valence-electron chi connectivity index (χ3n) is 2.92. The predicted octanol–water partition coefficient (Wildman–Crippen LogP) is 2.10. The third-order valence-corrected chi connectivity index (χ3v) is 3.83. The van der Waals surface area contributed by atoms with Gasteiger partial charge in [0.05, 0.1) is 5.69 Å². The topological polar surface area (TPSA) is 55.6 Å². The van der Waals surface area contributed by atoms with Crippen LogP contribution in [0.1, 0.15) is 43.3 Å². The molecule has 0 radical (unpaired) electrons. The van der Waals surface area contributed by atoms with Gasteiger partial charge in [0.1, 0.15) is 5.01 Å².